The van der Waals surface area contributed by atoms with E-state index in [-0.39, 0.29) is 34.6 Å². The van der Waals surface area contributed by atoms with Crippen LogP contribution in [0.2, 0.25) is 0 Å². The number of carboxylic acid groups (broad SMARTS) is 1. The fourth-order valence-corrected chi connectivity index (χ4v) is 3.11. The molecule has 0 radical (unpaired) electrons. The van der Waals surface area contributed by atoms with Gasteiger partial charge in [0.25, 0.3) is 0 Å². The number of nitrogens with one attached hydrogen (secondary N) is 1. The molecule has 0 spiro atoms. The molecule has 0 aromatic carbocycles. The standard InChI is InChI=1S/C16H30N2O3/c1-9-11(18-13(19)12(17)15(2,3)4)8-7-10(14(20)21)16(9,5)6/h9-12H,7-8,17H2,1-6H3,(H,18,19)(H,20,21). The molecule has 1 amide bonds. The van der Waals surface area contributed by atoms with Crippen molar-refractivity contribution in [2.75, 3.05) is 0 Å². The van der Waals surface area contributed by atoms with Crippen LogP contribution in [0.15, 0.2) is 0 Å². The van der Waals surface area contributed by atoms with Crippen LogP contribution in [0.5, 0.6) is 0 Å². The monoisotopic (exact) mass is 298 g/mol. The van der Waals surface area contributed by atoms with E-state index in [2.05, 4.69) is 5.32 Å². The molecule has 0 aromatic heterocycles. The van der Waals surface area contributed by atoms with Crippen molar-refractivity contribution in [1.82, 2.24) is 5.32 Å². The zero-order chi connectivity index (χ0) is 16.6. The van der Waals surface area contributed by atoms with Gasteiger partial charge in [-0.05, 0) is 29.6 Å². The third-order valence-corrected chi connectivity index (χ3v) is 5.28. The number of hydrogen-bond donors (Lipinski definition) is 3. The highest BCUT2D eigenvalue weighted by atomic mass is 16.4. The first-order chi connectivity index (χ1) is 9.39. The first-order valence-corrected chi connectivity index (χ1v) is 7.67. The minimum Gasteiger partial charge on any atom is -0.481 e. The Labute approximate surface area is 127 Å². The fraction of sp³-hybridized carbons (Fsp3) is 0.875. The molecule has 0 saturated heterocycles. The largest absolute Gasteiger partial charge is 0.481 e. The van der Waals surface area contributed by atoms with Crippen molar-refractivity contribution >= 4 is 11.9 Å². The minimum absolute atomic E-state index is 0.0171. The molecule has 5 nitrogen and oxygen atoms in total. The lowest BCUT2D eigenvalue weighted by atomic mass is 9.61. The predicted octanol–water partition coefficient (Wildman–Crippen LogP) is 2.00. The van der Waals surface area contributed by atoms with Gasteiger partial charge in [-0.15, -0.1) is 0 Å². The summed E-state index contributed by atoms with van der Waals surface area (Å²) in [7, 11) is 0. The third-order valence-electron chi connectivity index (χ3n) is 5.28. The molecule has 1 aliphatic rings. The summed E-state index contributed by atoms with van der Waals surface area (Å²) >= 11 is 0. The van der Waals surface area contributed by atoms with E-state index >= 15 is 0 Å². The van der Waals surface area contributed by atoms with Crippen molar-refractivity contribution in [2.24, 2.45) is 28.4 Å². The minimum atomic E-state index is -0.747. The van der Waals surface area contributed by atoms with E-state index in [1.54, 1.807) is 0 Å². The number of carbonyl (C=O) groups excluding carboxylic acids is 1. The Balaban J connectivity index is 2.79. The summed E-state index contributed by atoms with van der Waals surface area (Å²) in [5.74, 6) is -1.17. The molecule has 4 N–H and O–H groups in total. The summed E-state index contributed by atoms with van der Waals surface area (Å²) in [4.78, 5) is 23.7. The quantitative estimate of drug-likeness (QED) is 0.743. The second-order valence-corrected chi connectivity index (χ2v) is 8.04. The lowest BCUT2D eigenvalue weighted by Crippen LogP contribution is -2.57. The maximum absolute atomic E-state index is 12.3. The second kappa shape index (κ2) is 5.95. The van der Waals surface area contributed by atoms with Gasteiger partial charge in [-0.3, -0.25) is 9.59 Å². The van der Waals surface area contributed by atoms with E-state index in [1.807, 2.05) is 41.5 Å². The molecule has 4 unspecified atom stereocenters. The van der Waals surface area contributed by atoms with Crippen molar-refractivity contribution in [2.45, 2.75) is 66.5 Å². The molecule has 1 fully saturated rings. The van der Waals surface area contributed by atoms with Gasteiger partial charge in [0.2, 0.25) is 5.91 Å². The average molecular weight is 298 g/mol. The Morgan fingerprint density at radius 3 is 2.24 bits per heavy atom. The molecule has 0 bridgehead atoms. The van der Waals surface area contributed by atoms with Crippen LogP contribution in [0, 0.1) is 22.7 Å². The number of aliphatic carboxylic acids is 1. The second-order valence-electron chi connectivity index (χ2n) is 8.04. The topological polar surface area (TPSA) is 92.4 Å². The van der Waals surface area contributed by atoms with Crippen LogP contribution in [0.3, 0.4) is 0 Å². The highest BCUT2D eigenvalue weighted by Gasteiger charge is 2.47. The smallest absolute Gasteiger partial charge is 0.307 e. The molecule has 1 rings (SSSR count). The van der Waals surface area contributed by atoms with Gasteiger partial charge in [0.15, 0.2) is 0 Å². The zero-order valence-electron chi connectivity index (χ0n) is 14.1. The van der Waals surface area contributed by atoms with Gasteiger partial charge in [0, 0.05) is 6.04 Å². The molecule has 1 aliphatic carbocycles. The van der Waals surface area contributed by atoms with Crippen molar-refractivity contribution in [1.29, 1.82) is 0 Å². The molecular formula is C16H30N2O3. The van der Waals surface area contributed by atoms with Gasteiger partial charge in [-0.2, -0.15) is 0 Å². The number of hydrogen-bond acceptors (Lipinski definition) is 3. The molecule has 21 heavy (non-hydrogen) atoms. The maximum Gasteiger partial charge on any atom is 0.307 e. The highest BCUT2D eigenvalue weighted by molar-refractivity contribution is 5.82. The summed E-state index contributed by atoms with van der Waals surface area (Å²) in [5, 5.41) is 12.4. The van der Waals surface area contributed by atoms with Gasteiger partial charge in [-0.1, -0.05) is 41.5 Å². The van der Waals surface area contributed by atoms with Gasteiger partial charge < -0.3 is 16.2 Å². The fourth-order valence-electron chi connectivity index (χ4n) is 3.11. The van der Waals surface area contributed by atoms with Crippen LogP contribution in [0.25, 0.3) is 0 Å². The molecule has 5 heteroatoms. The summed E-state index contributed by atoms with van der Waals surface area (Å²) in [6.07, 6.45) is 1.27. The van der Waals surface area contributed by atoms with E-state index in [1.165, 1.54) is 0 Å². The number of nitrogens with two attached hydrogens (primary N) is 1. The Hall–Kier alpha value is -1.10. The molecule has 0 aromatic rings. The van der Waals surface area contributed by atoms with E-state index < -0.39 is 12.0 Å². The van der Waals surface area contributed by atoms with E-state index in [0.717, 1.165) is 0 Å². The van der Waals surface area contributed by atoms with Crippen LogP contribution in [-0.2, 0) is 9.59 Å². The molecule has 1 saturated carbocycles. The van der Waals surface area contributed by atoms with E-state index in [0.29, 0.717) is 12.8 Å². The molecular weight excluding hydrogens is 268 g/mol. The van der Waals surface area contributed by atoms with Crippen molar-refractivity contribution in [3.63, 3.8) is 0 Å². The van der Waals surface area contributed by atoms with Crippen LogP contribution >= 0.6 is 0 Å². The zero-order valence-corrected chi connectivity index (χ0v) is 14.1. The number of amides is 1. The van der Waals surface area contributed by atoms with Gasteiger partial charge in [-0.25, -0.2) is 0 Å². The average Bonchev–Trinajstić information content (AvgIpc) is 2.32. The van der Waals surface area contributed by atoms with Crippen molar-refractivity contribution < 1.29 is 14.7 Å². The lowest BCUT2D eigenvalue weighted by Gasteiger charge is -2.46. The summed E-state index contributed by atoms with van der Waals surface area (Å²) in [6.45, 7) is 11.8. The number of carboxylic acids is 1. The van der Waals surface area contributed by atoms with Gasteiger partial charge in [0.05, 0.1) is 12.0 Å². The summed E-state index contributed by atoms with van der Waals surface area (Å²) in [6, 6.07) is -0.582. The molecule has 4 atom stereocenters. The van der Waals surface area contributed by atoms with E-state index in [9.17, 15) is 14.7 Å². The molecule has 0 heterocycles. The van der Waals surface area contributed by atoms with Gasteiger partial charge in [0.1, 0.15) is 0 Å². The Morgan fingerprint density at radius 2 is 1.81 bits per heavy atom. The summed E-state index contributed by atoms with van der Waals surface area (Å²) in [5.41, 5.74) is 5.35. The van der Waals surface area contributed by atoms with Crippen LogP contribution < -0.4 is 11.1 Å². The maximum atomic E-state index is 12.3. The normalized spacial score (nSPS) is 30.5. The third kappa shape index (κ3) is 3.76. The van der Waals surface area contributed by atoms with E-state index in [4.69, 9.17) is 5.73 Å². The first-order valence-electron chi connectivity index (χ1n) is 7.67. The van der Waals surface area contributed by atoms with Crippen LogP contribution in [-0.4, -0.2) is 29.1 Å². The Morgan fingerprint density at radius 1 is 1.29 bits per heavy atom. The first kappa shape index (κ1) is 18.0. The van der Waals surface area contributed by atoms with Crippen LogP contribution in [0.1, 0.15) is 54.4 Å². The lowest BCUT2D eigenvalue weighted by molar-refractivity contribution is -0.150. The number of carbonyl (C=O) groups is 2. The molecule has 122 valence electrons. The summed E-state index contributed by atoms with van der Waals surface area (Å²) < 4.78 is 0. The van der Waals surface area contributed by atoms with Crippen molar-refractivity contribution in [3.05, 3.63) is 0 Å². The Bertz CT molecular complexity index is 412. The highest BCUT2D eigenvalue weighted by Crippen LogP contribution is 2.45. The van der Waals surface area contributed by atoms with Gasteiger partial charge >= 0.3 is 5.97 Å². The predicted molar refractivity (Wildman–Crippen MR) is 82.7 cm³/mol. The number of rotatable bonds is 3. The van der Waals surface area contributed by atoms with Crippen LogP contribution in [0.4, 0.5) is 0 Å². The molecule has 0 aliphatic heterocycles. The SMILES string of the molecule is CC1C(NC(=O)C(N)C(C)(C)C)CCC(C(=O)O)C1(C)C. The van der Waals surface area contributed by atoms with Crippen molar-refractivity contribution in [3.8, 4) is 0 Å². The Kier molecular flexibility index (Phi) is 5.09.